The Hall–Kier alpha value is -0.680. The third kappa shape index (κ3) is 4.14. The smallest absolute Gasteiger partial charge is 0.233 e. The number of carbonyl (C=O) groups excluding carboxylic acids is 1. The van der Waals surface area contributed by atoms with Crippen molar-refractivity contribution in [2.45, 2.75) is 39.7 Å². The minimum absolute atomic E-state index is 0.115. The lowest BCUT2D eigenvalue weighted by molar-refractivity contribution is -0.136. The van der Waals surface area contributed by atoms with Crippen molar-refractivity contribution in [3.63, 3.8) is 0 Å². The maximum atomic E-state index is 12.7. The maximum absolute atomic E-state index is 12.7. The number of amides is 1. The number of nitrogens with two attached hydrogens (primary N) is 1. The van der Waals surface area contributed by atoms with Gasteiger partial charge in [0.1, 0.15) is 0 Å². The van der Waals surface area contributed by atoms with Crippen molar-refractivity contribution < 1.29 is 4.79 Å². The van der Waals surface area contributed by atoms with Gasteiger partial charge in [-0.25, -0.2) is 0 Å². The standard InChI is InChI=1S/C14H27N3OS/c1-5-11-9-16(4)7-6-8-17(11)14(18)12(10(2)3)13(15)19/h10-12H,5-9H2,1-4H3,(H2,15,19). The summed E-state index contributed by atoms with van der Waals surface area (Å²) in [5.41, 5.74) is 5.77. The predicted octanol–water partition coefficient (Wildman–Crippen LogP) is 1.49. The lowest BCUT2D eigenvalue weighted by Crippen LogP contribution is -2.49. The van der Waals surface area contributed by atoms with Crippen LogP contribution in [0.25, 0.3) is 0 Å². The van der Waals surface area contributed by atoms with Gasteiger partial charge < -0.3 is 15.5 Å². The third-order valence-electron chi connectivity index (χ3n) is 3.90. The van der Waals surface area contributed by atoms with Crippen LogP contribution in [0.5, 0.6) is 0 Å². The molecule has 0 saturated carbocycles. The van der Waals surface area contributed by atoms with Gasteiger partial charge >= 0.3 is 0 Å². The maximum Gasteiger partial charge on any atom is 0.233 e. The molecule has 0 aromatic rings. The molecule has 0 spiro atoms. The first-order valence-electron chi connectivity index (χ1n) is 7.16. The van der Waals surface area contributed by atoms with Crippen LogP contribution in [0.4, 0.5) is 0 Å². The Labute approximate surface area is 122 Å². The first-order chi connectivity index (χ1) is 8.88. The van der Waals surface area contributed by atoms with E-state index in [2.05, 4.69) is 18.9 Å². The SMILES string of the molecule is CCC1CN(C)CCCN1C(=O)C(C(N)=S)C(C)C. The van der Waals surface area contributed by atoms with Crippen LogP contribution in [0.1, 0.15) is 33.6 Å². The van der Waals surface area contributed by atoms with E-state index >= 15 is 0 Å². The summed E-state index contributed by atoms with van der Waals surface area (Å²) in [6.07, 6.45) is 1.99. The second kappa shape index (κ2) is 7.20. The molecular weight excluding hydrogens is 258 g/mol. The highest BCUT2D eigenvalue weighted by Crippen LogP contribution is 2.20. The summed E-state index contributed by atoms with van der Waals surface area (Å²) in [7, 11) is 2.12. The van der Waals surface area contributed by atoms with Crippen LogP contribution < -0.4 is 5.73 Å². The van der Waals surface area contributed by atoms with E-state index in [1.165, 1.54) is 0 Å². The van der Waals surface area contributed by atoms with Crippen molar-refractivity contribution in [1.82, 2.24) is 9.80 Å². The number of carbonyl (C=O) groups is 1. The van der Waals surface area contributed by atoms with Crippen molar-refractivity contribution in [2.75, 3.05) is 26.7 Å². The third-order valence-corrected chi connectivity index (χ3v) is 4.15. The van der Waals surface area contributed by atoms with Gasteiger partial charge in [-0.15, -0.1) is 0 Å². The zero-order valence-corrected chi connectivity index (χ0v) is 13.4. The summed E-state index contributed by atoms with van der Waals surface area (Å²) in [4.78, 5) is 17.4. The molecule has 1 heterocycles. The molecule has 0 radical (unpaired) electrons. The minimum Gasteiger partial charge on any atom is -0.393 e. The summed E-state index contributed by atoms with van der Waals surface area (Å²) in [5.74, 6) is -0.0550. The molecule has 110 valence electrons. The topological polar surface area (TPSA) is 49.6 Å². The summed E-state index contributed by atoms with van der Waals surface area (Å²) in [6.45, 7) is 8.94. The highest BCUT2D eigenvalue weighted by atomic mass is 32.1. The molecule has 19 heavy (non-hydrogen) atoms. The van der Waals surface area contributed by atoms with Gasteiger partial charge in [0.05, 0.1) is 10.9 Å². The molecule has 0 aromatic heterocycles. The molecule has 0 bridgehead atoms. The van der Waals surface area contributed by atoms with E-state index in [1.807, 2.05) is 18.7 Å². The van der Waals surface area contributed by atoms with E-state index in [1.54, 1.807) is 0 Å². The molecule has 2 unspecified atom stereocenters. The number of hydrogen-bond acceptors (Lipinski definition) is 3. The van der Waals surface area contributed by atoms with Crippen molar-refractivity contribution in [2.24, 2.45) is 17.6 Å². The van der Waals surface area contributed by atoms with Gasteiger partial charge in [-0.2, -0.15) is 0 Å². The van der Waals surface area contributed by atoms with Crippen LogP contribution in [0.2, 0.25) is 0 Å². The monoisotopic (exact) mass is 285 g/mol. The van der Waals surface area contributed by atoms with Crippen LogP contribution in [0.3, 0.4) is 0 Å². The van der Waals surface area contributed by atoms with E-state index in [4.69, 9.17) is 18.0 Å². The van der Waals surface area contributed by atoms with Crippen molar-refractivity contribution in [1.29, 1.82) is 0 Å². The molecule has 0 aliphatic carbocycles. The average molecular weight is 285 g/mol. The quantitative estimate of drug-likeness (QED) is 0.795. The highest BCUT2D eigenvalue weighted by molar-refractivity contribution is 7.80. The Balaban J connectivity index is 2.90. The molecule has 0 aromatic carbocycles. The predicted molar refractivity (Wildman–Crippen MR) is 83.0 cm³/mol. The molecule has 1 aliphatic rings. The van der Waals surface area contributed by atoms with Gasteiger partial charge in [-0.3, -0.25) is 4.79 Å². The number of nitrogens with zero attached hydrogens (tertiary/aromatic N) is 2. The fourth-order valence-electron chi connectivity index (χ4n) is 2.80. The van der Waals surface area contributed by atoms with E-state index in [9.17, 15) is 4.79 Å². The molecular formula is C14H27N3OS. The molecule has 1 aliphatic heterocycles. The normalized spacial score (nSPS) is 23.2. The zero-order valence-electron chi connectivity index (χ0n) is 12.6. The second-order valence-electron chi connectivity index (χ2n) is 5.83. The van der Waals surface area contributed by atoms with Crippen LogP contribution in [0, 0.1) is 11.8 Å². The van der Waals surface area contributed by atoms with Gasteiger partial charge in [0.2, 0.25) is 5.91 Å². The molecule has 1 fully saturated rings. The Kier molecular flexibility index (Phi) is 6.20. The van der Waals surface area contributed by atoms with Gasteiger partial charge in [-0.05, 0) is 32.4 Å². The molecule has 2 atom stereocenters. The number of rotatable bonds is 4. The molecule has 1 amide bonds. The van der Waals surface area contributed by atoms with Crippen LogP contribution in [0.15, 0.2) is 0 Å². The summed E-state index contributed by atoms with van der Waals surface area (Å²) >= 11 is 5.09. The fourth-order valence-corrected chi connectivity index (χ4v) is 3.17. The zero-order chi connectivity index (χ0) is 14.6. The summed E-state index contributed by atoms with van der Waals surface area (Å²) in [6, 6.07) is 0.274. The van der Waals surface area contributed by atoms with E-state index in [0.717, 1.165) is 32.5 Å². The Bertz CT molecular complexity index is 333. The Morgan fingerprint density at radius 1 is 1.42 bits per heavy atom. The Morgan fingerprint density at radius 2 is 2.05 bits per heavy atom. The molecule has 1 rings (SSSR count). The van der Waals surface area contributed by atoms with Gasteiger partial charge in [-0.1, -0.05) is 33.0 Å². The van der Waals surface area contributed by atoms with Crippen molar-refractivity contribution >= 4 is 23.1 Å². The van der Waals surface area contributed by atoms with Crippen molar-refractivity contribution in [3.05, 3.63) is 0 Å². The molecule has 5 heteroatoms. The van der Waals surface area contributed by atoms with E-state index < -0.39 is 0 Å². The molecule has 1 saturated heterocycles. The Morgan fingerprint density at radius 3 is 2.53 bits per heavy atom. The van der Waals surface area contributed by atoms with Gasteiger partial charge in [0.25, 0.3) is 0 Å². The molecule has 4 nitrogen and oxygen atoms in total. The lowest BCUT2D eigenvalue weighted by Gasteiger charge is -2.34. The van der Waals surface area contributed by atoms with Crippen LogP contribution >= 0.6 is 12.2 Å². The number of thiocarbonyl (C=S) groups is 1. The van der Waals surface area contributed by atoms with Crippen LogP contribution in [-0.2, 0) is 4.79 Å². The highest BCUT2D eigenvalue weighted by Gasteiger charge is 2.33. The largest absolute Gasteiger partial charge is 0.393 e. The number of hydrogen-bond donors (Lipinski definition) is 1. The second-order valence-corrected chi connectivity index (χ2v) is 6.30. The van der Waals surface area contributed by atoms with Gasteiger partial charge in [0.15, 0.2) is 0 Å². The van der Waals surface area contributed by atoms with Crippen LogP contribution in [-0.4, -0.2) is 53.4 Å². The summed E-state index contributed by atoms with van der Waals surface area (Å²) in [5, 5.41) is 0. The minimum atomic E-state index is -0.326. The molecule has 2 N–H and O–H groups in total. The van der Waals surface area contributed by atoms with E-state index in [0.29, 0.717) is 4.99 Å². The van der Waals surface area contributed by atoms with Crippen molar-refractivity contribution in [3.8, 4) is 0 Å². The first-order valence-corrected chi connectivity index (χ1v) is 7.57. The summed E-state index contributed by atoms with van der Waals surface area (Å²) < 4.78 is 0. The average Bonchev–Trinajstić information content (AvgIpc) is 2.49. The fraction of sp³-hybridized carbons (Fsp3) is 0.857. The first kappa shape index (κ1) is 16.4. The van der Waals surface area contributed by atoms with E-state index in [-0.39, 0.29) is 23.8 Å². The lowest BCUT2D eigenvalue weighted by atomic mass is 9.93. The number of likely N-dealkylation sites (N-methyl/N-ethyl adjacent to an activating group) is 1. The van der Waals surface area contributed by atoms with Gasteiger partial charge in [0, 0.05) is 19.1 Å².